The fourth-order valence-corrected chi connectivity index (χ4v) is 3.44. The monoisotopic (exact) mass is 417 g/mol. The van der Waals surface area contributed by atoms with Crippen molar-refractivity contribution in [3.63, 3.8) is 0 Å². The summed E-state index contributed by atoms with van der Waals surface area (Å²) >= 11 is 0. The topological polar surface area (TPSA) is 102 Å². The van der Waals surface area contributed by atoms with Crippen molar-refractivity contribution in [3.05, 3.63) is 81.4 Å². The summed E-state index contributed by atoms with van der Waals surface area (Å²) in [6.45, 7) is 2.73. The Hall–Kier alpha value is -4.07. The fraction of sp³-hybridized carbons (Fsp3) is 0.174. The first-order chi connectivity index (χ1) is 15.0. The Morgan fingerprint density at radius 3 is 2.42 bits per heavy atom. The van der Waals surface area contributed by atoms with E-state index in [1.807, 2.05) is 0 Å². The van der Waals surface area contributed by atoms with E-state index in [4.69, 9.17) is 4.74 Å². The van der Waals surface area contributed by atoms with Crippen LogP contribution in [0.4, 0.5) is 5.69 Å². The Bertz CT molecular complexity index is 1200. The Labute approximate surface area is 177 Å². The predicted octanol–water partition coefficient (Wildman–Crippen LogP) is 4.56. The predicted molar refractivity (Wildman–Crippen MR) is 116 cm³/mol. The first-order valence-corrected chi connectivity index (χ1v) is 9.87. The maximum Gasteiger partial charge on any atom is 0.282 e. The number of nitro groups is 1. The summed E-state index contributed by atoms with van der Waals surface area (Å²) in [7, 11) is 0. The smallest absolute Gasteiger partial charge is 0.282 e. The number of imide groups is 1. The van der Waals surface area contributed by atoms with Gasteiger partial charge in [0.15, 0.2) is 0 Å². The molecule has 8 nitrogen and oxygen atoms in total. The van der Waals surface area contributed by atoms with E-state index in [1.165, 1.54) is 30.5 Å². The number of nitrogens with zero attached hydrogens (tertiary/aromatic N) is 3. The van der Waals surface area contributed by atoms with E-state index in [2.05, 4.69) is 12.0 Å². The molecule has 0 bridgehead atoms. The van der Waals surface area contributed by atoms with Gasteiger partial charge in [-0.3, -0.25) is 19.7 Å². The van der Waals surface area contributed by atoms with Crippen molar-refractivity contribution in [1.82, 2.24) is 5.01 Å². The average molecular weight is 417 g/mol. The minimum Gasteiger partial charge on any atom is -0.494 e. The van der Waals surface area contributed by atoms with Gasteiger partial charge in [0.1, 0.15) is 5.75 Å². The number of non-ortho nitro benzene ring substituents is 1. The molecule has 1 aliphatic rings. The molecule has 4 rings (SSSR count). The minimum absolute atomic E-state index is 0.153. The van der Waals surface area contributed by atoms with Gasteiger partial charge in [0.25, 0.3) is 17.5 Å². The molecule has 2 amide bonds. The second-order valence-corrected chi connectivity index (χ2v) is 7.06. The molecule has 0 atom stereocenters. The maximum absolute atomic E-state index is 12.9. The standard InChI is InChI=1S/C23H19N3O5/c1-2-3-13-31-16-9-7-15(8-10-16)14-24-25-22(27)18-6-4-5-17-20(26(29)30)12-11-19(21(17)18)23(25)28/h4-12,14H,2-3,13H2,1H3. The van der Waals surface area contributed by atoms with Crippen LogP contribution in [0.3, 0.4) is 0 Å². The number of benzene rings is 3. The van der Waals surface area contributed by atoms with Gasteiger partial charge in [0, 0.05) is 11.5 Å². The number of hydrogen-bond donors (Lipinski definition) is 0. The molecule has 156 valence electrons. The molecular weight excluding hydrogens is 398 g/mol. The van der Waals surface area contributed by atoms with Crippen LogP contribution in [-0.4, -0.2) is 34.6 Å². The summed E-state index contributed by atoms with van der Waals surface area (Å²) in [6.07, 6.45) is 3.44. The number of unbranched alkanes of at least 4 members (excludes halogenated alkanes) is 1. The lowest BCUT2D eigenvalue weighted by molar-refractivity contribution is -0.383. The van der Waals surface area contributed by atoms with Crippen molar-refractivity contribution in [1.29, 1.82) is 0 Å². The highest BCUT2D eigenvalue weighted by Crippen LogP contribution is 2.35. The number of ether oxygens (including phenoxy) is 1. The van der Waals surface area contributed by atoms with Gasteiger partial charge < -0.3 is 4.74 Å². The number of carbonyl (C=O) groups is 2. The van der Waals surface area contributed by atoms with Crippen molar-refractivity contribution >= 4 is 34.5 Å². The molecule has 0 unspecified atom stereocenters. The summed E-state index contributed by atoms with van der Waals surface area (Å²) in [5.41, 5.74) is 0.941. The molecule has 31 heavy (non-hydrogen) atoms. The van der Waals surface area contributed by atoms with Crippen LogP contribution in [0.5, 0.6) is 5.75 Å². The first-order valence-electron chi connectivity index (χ1n) is 9.87. The Morgan fingerprint density at radius 2 is 1.74 bits per heavy atom. The van der Waals surface area contributed by atoms with Crippen LogP contribution in [0.1, 0.15) is 46.0 Å². The zero-order chi connectivity index (χ0) is 22.0. The van der Waals surface area contributed by atoms with Gasteiger partial charge in [-0.2, -0.15) is 10.1 Å². The molecule has 0 aliphatic carbocycles. The zero-order valence-corrected chi connectivity index (χ0v) is 16.8. The third-order valence-corrected chi connectivity index (χ3v) is 5.03. The van der Waals surface area contributed by atoms with Crippen molar-refractivity contribution in [2.75, 3.05) is 6.61 Å². The minimum atomic E-state index is -0.626. The molecule has 0 radical (unpaired) electrons. The first kappa shape index (κ1) is 20.2. The number of hydrogen-bond acceptors (Lipinski definition) is 6. The zero-order valence-electron chi connectivity index (χ0n) is 16.8. The number of hydrazone groups is 1. The molecule has 0 fully saturated rings. The van der Waals surface area contributed by atoms with Crippen LogP contribution < -0.4 is 4.74 Å². The molecule has 0 saturated heterocycles. The molecule has 3 aromatic carbocycles. The molecule has 0 spiro atoms. The van der Waals surface area contributed by atoms with Crippen molar-refractivity contribution in [2.24, 2.45) is 5.10 Å². The van der Waals surface area contributed by atoms with Crippen LogP contribution in [0, 0.1) is 10.1 Å². The SMILES string of the molecule is CCCCOc1ccc(C=NN2C(=O)c3cccc4c([N+](=O)[O-])ccc(c34)C2=O)cc1. The van der Waals surface area contributed by atoms with Gasteiger partial charge in [-0.1, -0.05) is 19.4 Å². The van der Waals surface area contributed by atoms with E-state index in [9.17, 15) is 19.7 Å². The Kier molecular flexibility index (Phi) is 5.44. The highest BCUT2D eigenvalue weighted by molar-refractivity contribution is 6.26. The van der Waals surface area contributed by atoms with Gasteiger partial charge >= 0.3 is 0 Å². The lowest BCUT2D eigenvalue weighted by Crippen LogP contribution is -2.36. The highest BCUT2D eigenvalue weighted by atomic mass is 16.6. The molecule has 1 aliphatic heterocycles. The van der Waals surface area contributed by atoms with E-state index in [0.717, 1.165) is 23.6 Å². The van der Waals surface area contributed by atoms with Crippen molar-refractivity contribution < 1.29 is 19.2 Å². The van der Waals surface area contributed by atoms with E-state index in [1.54, 1.807) is 30.3 Å². The molecular formula is C23H19N3O5. The largest absolute Gasteiger partial charge is 0.494 e. The Balaban J connectivity index is 1.62. The van der Waals surface area contributed by atoms with Crippen molar-refractivity contribution in [3.8, 4) is 5.75 Å². The molecule has 0 saturated carbocycles. The lowest BCUT2D eigenvalue weighted by atomic mass is 9.94. The molecule has 3 aromatic rings. The van der Waals surface area contributed by atoms with Gasteiger partial charge in [0.2, 0.25) is 0 Å². The van der Waals surface area contributed by atoms with Crippen LogP contribution >= 0.6 is 0 Å². The number of nitro benzene ring substituents is 1. The van der Waals surface area contributed by atoms with Crippen LogP contribution in [-0.2, 0) is 0 Å². The average Bonchev–Trinajstić information content (AvgIpc) is 2.78. The fourth-order valence-electron chi connectivity index (χ4n) is 3.44. The van der Waals surface area contributed by atoms with Crippen LogP contribution in [0.2, 0.25) is 0 Å². The molecule has 8 heteroatoms. The summed E-state index contributed by atoms with van der Waals surface area (Å²) in [5.74, 6) is -0.517. The maximum atomic E-state index is 12.9. The van der Waals surface area contributed by atoms with Crippen LogP contribution in [0.25, 0.3) is 10.8 Å². The number of carbonyl (C=O) groups excluding carboxylic acids is 2. The van der Waals surface area contributed by atoms with E-state index >= 15 is 0 Å². The number of amides is 2. The molecule has 1 heterocycles. The van der Waals surface area contributed by atoms with Gasteiger partial charge in [-0.05, 0) is 54.4 Å². The molecule has 0 N–H and O–H groups in total. The summed E-state index contributed by atoms with van der Waals surface area (Å²) in [5, 5.41) is 16.7. The van der Waals surface area contributed by atoms with Gasteiger partial charge in [-0.25, -0.2) is 0 Å². The van der Waals surface area contributed by atoms with E-state index < -0.39 is 16.7 Å². The highest BCUT2D eigenvalue weighted by Gasteiger charge is 2.34. The van der Waals surface area contributed by atoms with Crippen LogP contribution in [0.15, 0.2) is 59.7 Å². The van der Waals surface area contributed by atoms with E-state index in [0.29, 0.717) is 12.2 Å². The van der Waals surface area contributed by atoms with E-state index in [-0.39, 0.29) is 27.6 Å². The number of rotatable bonds is 7. The second kappa shape index (κ2) is 8.35. The third kappa shape index (κ3) is 3.75. The summed E-state index contributed by atoms with van der Waals surface area (Å²) < 4.78 is 5.62. The summed E-state index contributed by atoms with van der Waals surface area (Å²) in [4.78, 5) is 36.6. The third-order valence-electron chi connectivity index (χ3n) is 5.03. The van der Waals surface area contributed by atoms with Crippen molar-refractivity contribution in [2.45, 2.75) is 19.8 Å². The second-order valence-electron chi connectivity index (χ2n) is 7.06. The van der Waals surface area contributed by atoms with Gasteiger partial charge in [-0.15, -0.1) is 0 Å². The quantitative estimate of drug-likeness (QED) is 0.184. The summed E-state index contributed by atoms with van der Waals surface area (Å²) in [6, 6.07) is 14.4. The normalized spacial score (nSPS) is 13.3. The Morgan fingerprint density at radius 1 is 1.03 bits per heavy atom. The molecule has 0 aromatic heterocycles. The van der Waals surface area contributed by atoms with Gasteiger partial charge in [0.05, 0.1) is 34.3 Å². The lowest BCUT2D eigenvalue weighted by Gasteiger charge is -2.22.